The van der Waals surface area contributed by atoms with Gasteiger partial charge in [0.25, 0.3) is 0 Å². The van der Waals surface area contributed by atoms with Crippen molar-refractivity contribution in [1.29, 1.82) is 0 Å². The lowest BCUT2D eigenvalue weighted by atomic mass is 10.5. The summed E-state index contributed by atoms with van der Waals surface area (Å²) in [4.78, 5) is 21.6. The van der Waals surface area contributed by atoms with Crippen LogP contribution < -0.4 is 22.1 Å². The number of carbonyl (C=O) groups is 2. The van der Waals surface area contributed by atoms with Gasteiger partial charge in [0, 0.05) is 26.2 Å². The van der Waals surface area contributed by atoms with Crippen LogP contribution in [0, 0.1) is 0 Å². The summed E-state index contributed by atoms with van der Waals surface area (Å²) >= 11 is 0. The third-order valence-electron chi connectivity index (χ3n) is 1.07. The molecule has 0 saturated heterocycles. The Balaban J connectivity index is 3.55. The highest BCUT2D eigenvalue weighted by Gasteiger charge is 2.10. The van der Waals surface area contributed by atoms with Crippen molar-refractivity contribution in [2.24, 2.45) is 11.5 Å². The fourth-order valence-electron chi connectivity index (χ4n) is 0.532. The molecule has 12 heavy (non-hydrogen) atoms. The molecule has 0 heterocycles. The molecule has 0 atom stereocenters. The van der Waals surface area contributed by atoms with Gasteiger partial charge in [0.05, 0.1) is 0 Å². The van der Waals surface area contributed by atoms with Crippen LogP contribution in [0.5, 0.6) is 0 Å². The summed E-state index contributed by atoms with van der Waals surface area (Å²) in [5.41, 5.74) is 10.2. The van der Waals surface area contributed by atoms with Crippen LogP contribution in [0.2, 0.25) is 0 Å². The second-order valence-corrected chi connectivity index (χ2v) is 2.09. The number of amides is 2. The zero-order valence-electron chi connectivity index (χ0n) is 6.80. The van der Waals surface area contributed by atoms with E-state index in [1.54, 1.807) is 0 Å². The van der Waals surface area contributed by atoms with Gasteiger partial charge >= 0.3 is 11.8 Å². The summed E-state index contributed by atoms with van der Waals surface area (Å²) in [6.45, 7) is 1.23. The lowest BCUT2D eigenvalue weighted by Gasteiger charge is -2.03. The van der Waals surface area contributed by atoms with Gasteiger partial charge in [-0.15, -0.1) is 0 Å². The third kappa shape index (κ3) is 4.64. The Hall–Kier alpha value is -1.14. The van der Waals surface area contributed by atoms with Crippen molar-refractivity contribution in [3.8, 4) is 0 Å². The third-order valence-corrected chi connectivity index (χ3v) is 1.07. The van der Waals surface area contributed by atoms with Crippen LogP contribution >= 0.6 is 0 Å². The minimum atomic E-state index is -0.672. The fraction of sp³-hybridized carbons (Fsp3) is 0.667. The predicted molar refractivity (Wildman–Crippen MR) is 44.1 cm³/mol. The molecule has 0 spiro atoms. The van der Waals surface area contributed by atoms with E-state index in [2.05, 4.69) is 10.6 Å². The zero-order valence-corrected chi connectivity index (χ0v) is 6.80. The molecule has 0 saturated carbocycles. The Bertz CT molecular complexity index is 142. The molecule has 2 amide bonds. The molecule has 0 aromatic rings. The maximum Gasteiger partial charge on any atom is 0.309 e. The van der Waals surface area contributed by atoms with E-state index < -0.39 is 11.8 Å². The largest absolute Gasteiger partial charge is 0.347 e. The predicted octanol–water partition coefficient (Wildman–Crippen LogP) is -2.86. The maximum absolute atomic E-state index is 10.8. The van der Waals surface area contributed by atoms with E-state index in [1.165, 1.54) is 0 Å². The normalized spacial score (nSPS) is 9.17. The molecule has 0 aliphatic rings. The standard InChI is InChI=1S/C6H14N4O2/c7-1-3-9-5(11)6(12)10-4-2-8/h1-4,7-8H2,(H,9,11)(H,10,12). The fourth-order valence-corrected chi connectivity index (χ4v) is 0.532. The van der Waals surface area contributed by atoms with Crippen LogP contribution in [0.1, 0.15) is 0 Å². The summed E-state index contributed by atoms with van der Waals surface area (Å²) in [5, 5.41) is 4.65. The van der Waals surface area contributed by atoms with Crippen LogP contribution in [0.25, 0.3) is 0 Å². The first-order valence-electron chi connectivity index (χ1n) is 3.68. The van der Waals surface area contributed by atoms with Gasteiger partial charge in [-0.25, -0.2) is 0 Å². The smallest absolute Gasteiger partial charge is 0.309 e. The van der Waals surface area contributed by atoms with Crippen molar-refractivity contribution in [2.45, 2.75) is 0 Å². The quantitative estimate of drug-likeness (QED) is 0.343. The molecule has 0 fully saturated rings. The number of hydrogen-bond acceptors (Lipinski definition) is 4. The lowest BCUT2D eigenvalue weighted by molar-refractivity contribution is -0.139. The summed E-state index contributed by atoms with van der Waals surface area (Å²) in [7, 11) is 0. The minimum absolute atomic E-state index is 0.300. The van der Waals surface area contributed by atoms with Crippen molar-refractivity contribution >= 4 is 11.8 Å². The zero-order chi connectivity index (χ0) is 9.40. The molecule has 6 heteroatoms. The van der Waals surface area contributed by atoms with E-state index in [9.17, 15) is 9.59 Å². The number of hydrogen-bond donors (Lipinski definition) is 4. The van der Waals surface area contributed by atoms with E-state index in [0.717, 1.165) is 0 Å². The SMILES string of the molecule is NCCNC(=O)C(=O)NCCN. The van der Waals surface area contributed by atoms with E-state index in [0.29, 0.717) is 26.2 Å². The van der Waals surface area contributed by atoms with Gasteiger partial charge in [-0.3, -0.25) is 9.59 Å². The van der Waals surface area contributed by atoms with Gasteiger partial charge in [0.2, 0.25) is 0 Å². The summed E-state index contributed by atoms with van der Waals surface area (Å²) in [5.74, 6) is -1.34. The molecule has 0 aromatic heterocycles. The van der Waals surface area contributed by atoms with E-state index in [-0.39, 0.29) is 0 Å². The highest BCUT2D eigenvalue weighted by molar-refractivity contribution is 6.35. The molecule has 0 aliphatic heterocycles. The Morgan fingerprint density at radius 2 is 1.25 bits per heavy atom. The lowest BCUT2D eigenvalue weighted by Crippen LogP contribution is -2.43. The van der Waals surface area contributed by atoms with Gasteiger partial charge in [-0.2, -0.15) is 0 Å². The van der Waals surface area contributed by atoms with E-state index >= 15 is 0 Å². The first kappa shape index (κ1) is 10.9. The van der Waals surface area contributed by atoms with E-state index in [4.69, 9.17) is 11.5 Å². The summed E-state index contributed by atoms with van der Waals surface area (Å²) in [6.07, 6.45) is 0. The van der Waals surface area contributed by atoms with Gasteiger partial charge < -0.3 is 22.1 Å². The van der Waals surface area contributed by atoms with E-state index in [1.807, 2.05) is 0 Å². The molecular formula is C6H14N4O2. The second kappa shape index (κ2) is 6.56. The van der Waals surface area contributed by atoms with Gasteiger partial charge in [0.15, 0.2) is 0 Å². The molecule has 0 rings (SSSR count). The number of carbonyl (C=O) groups excluding carboxylic acids is 2. The van der Waals surface area contributed by atoms with Crippen LogP contribution in [0.15, 0.2) is 0 Å². The molecule has 70 valence electrons. The summed E-state index contributed by atoms with van der Waals surface area (Å²) < 4.78 is 0. The Morgan fingerprint density at radius 1 is 0.917 bits per heavy atom. The first-order chi connectivity index (χ1) is 5.72. The second-order valence-electron chi connectivity index (χ2n) is 2.09. The Morgan fingerprint density at radius 3 is 1.50 bits per heavy atom. The molecule has 0 aliphatic carbocycles. The topological polar surface area (TPSA) is 110 Å². The maximum atomic E-state index is 10.8. The van der Waals surface area contributed by atoms with Crippen LogP contribution in [-0.4, -0.2) is 38.0 Å². The molecule has 0 bridgehead atoms. The minimum Gasteiger partial charge on any atom is -0.347 e. The number of rotatable bonds is 4. The molecular weight excluding hydrogens is 160 g/mol. The average Bonchev–Trinajstić information content (AvgIpc) is 2.10. The van der Waals surface area contributed by atoms with Crippen LogP contribution in [-0.2, 0) is 9.59 Å². The Kier molecular flexibility index (Phi) is 5.94. The molecule has 0 radical (unpaired) electrons. The number of nitrogens with one attached hydrogen (secondary N) is 2. The monoisotopic (exact) mass is 174 g/mol. The molecule has 6 nitrogen and oxygen atoms in total. The van der Waals surface area contributed by atoms with Crippen molar-refractivity contribution in [1.82, 2.24) is 10.6 Å². The van der Waals surface area contributed by atoms with Crippen LogP contribution in [0.3, 0.4) is 0 Å². The highest BCUT2D eigenvalue weighted by atomic mass is 16.2. The summed E-state index contributed by atoms with van der Waals surface area (Å²) in [6, 6.07) is 0. The van der Waals surface area contributed by atoms with Gasteiger partial charge in [-0.05, 0) is 0 Å². The first-order valence-corrected chi connectivity index (χ1v) is 3.68. The van der Waals surface area contributed by atoms with Crippen molar-refractivity contribution < 1.29 is 9.59 Å². The van der Waals surface area contributed by atoms with Gasteiger partial charge in [-0.1, -0.05) is 0 Å². The molecule has 0 aromatic carbocycles. The molecule has 0 unspecified atom stereocenters. The number of nitrogens with two attached hydrogens (primary N) is 2. The van der Waals surface area contributed by atoms with Crippen molar-refractivity contribution in [2.75, 3.05) is 26.2 Å². The van der Waals surface area contributed by atoms with Crippen molar-refractivity contribution in [3.05, 3.63) is 0 Å². The van der Waals surface area contributed by atoms with Crippen LogP contribution in [0.4, 0.5) is 0 Å². The van der Waals surface area contributed by atoms with Gasteiger partial charge in [0.1, 0.15) is 0 Å². The molecule has 6 N–H and O–H groups in total. The van der Waals surface area contributed by atoms with Crippen molar-refractivity contribution in [3.63, 3.8) is 0 Å². The Labute approximate surface area is 70.7 Å². The average molecular weight is 174 g/mol. The highest BCUT2D eigenvalue weighted by Crippen LogP contribution is 1.66.